The zero-order valence-electron chi connectivity index (χ0n) is 7.87. The molecule has 1 heterocycles. The van der Waals surface area contributed by atoms with Gasteiger partial charge in [0.25, 0.3) is 5.91 Å². The Hall–Kier alpha value is -1.95. The Morgan fingerprint density at radius 3 is 3.00 bits per heavy atom. The zero-order valence-corrected chi connectivity index (χ0v) is 8.62. The average molecular weight is 241 g/mol. The number of hydrogen-bond acceptors (Lipinski definition) is 3. The van der Waals surface area contributed by atoms with Gasteiger partial charge in [-0.15, -0.1) is 0 Å². The second-order valence-corrected chi connectivity index (χ2v) is 3.32. The molecule has 7 heteroatoms. The van der Waals surface area contributed by atoms with Crippen LogP contribution in [0.1, 0.15) is 10.5 Å². The van der Waals surface area contributed by atoms with Crippen LogP contribution in [0, 0.1) is 5.82 Å². The van der Waals surface area contributed by atoms with Crippen molar-refractivity contribution in [2.75, 3.05) is 5.32 Å². The molecule has 1 amide bonds. The maximum atomic E-state index is 13.4. The fourth-order valence-corrected chi connectivity index (χ4v) is 1.27. The monoisotopic (exact) mass is 240 g/mol. The summed E-state index contributed by atoms with van der Waals surface area (Å²) in [5, 5.41) is 11.6. The number of benzene rings is 1. The van der Waals surface area contributed by atoms with Gasteiger partial charge < -0.3 is 5.32 Å². The topological polar surface area (TPSA) is 70.7 Å². The number of aromatic amines is 1. The predicted octanol–water partition coefficient (Wildman–Crippen LogP) is 1.85. The van der Waals surface area contributed by atoms with Crippen molar-refractivity contribution in [3.63, 3.8) is 0 Å². The molecule has 5 nitrogen and oxygen atoms in total. The maximum Gasteiger partial charge on any atom is 0.277 e. The highest BCUT2D eigenvalue weighted by molar-refractivity contribution is 6.31. The normalized spacial score (nSPS) is 10.1. The highest BCUT2D eigenvalue weighted by atomic mass is 35.5. The van der Waals surface area contributed by atoms with Gasteiger partial charge in [-0.25, -0.2) is 4.39 Å². The van der Waals surface area contributed by atoms with Crippen LogP contribution in [0.15, 0.2) is 24.4 Å². The third-order valence-electron chi connectivity index (χ3n) is 1.85. The first-order valence-corrected chi connectivity index (χ1v) is 4.67. The Labute approximate surface area is 94.6 Å². The number of amides is 1. The summed E-state index contributed by atoms with van der Waals surface area (Å²) in [6.07, 6.45) is 1.23. The van der Waals surface area contributed by atoms with Crippen LogP contribution < -0.4 is 5.32 Å². The van der Waals surface area contributed by atoms with E-state index in [4.69, 9.17) is 11.6 Å². The highest BCUT2D eigenvalue weighted by Crippen LogP contribution is 2.22. The van der Waals surface area contributed by atoms with Gasteiger partial charge in [0.2, 0.25) is 0 Å². The zero-order chi connectivity index (χ0) is 11.5. The molecule has 0 saturated heterocycles. The van der Waals surface area contributed by atoms with E-state index < -0.39 is 11.7 Å². The lowest BCUT2D eigenvalue weighted by Gasteiger charge is -2.04. The summed E-state index contributed by atoms with van der Waals surface area (Å²) >= 11 is 5.56. The average Bonchev–Trinajstić information content (AvgIpc) is 2.78. The molecule has 0 aliphatic carbocycles. The molecular weight excluding hydrogens is 235 g/mol. The molecule has 82 valence electrons. The van der Waals surface area contributed by atoms with Crippen molar-refractivity contribution in [1.29, 1.82) is 0 Å². The molecule has 0 fully saturated rings. The Morgan fingerprint density at radius 2 is 2.31 bits per heavy atom. The largest absolute Gasteiger partial charge is 0.318 e. The molecule has 0 spiro atoms. The molecule has 0 atom stereocenters. The molecule has 2 rings (SSSR count). The number of rotatable bonds is 2. The molecule has 0 unspecified atom stereocenters. The lowest BCUT2D eigenvalue weighted by atomic mass is 10.3. The van der Waals surface area contributed by atoms with E-state index in [2.05, 4.69) is 20.7 Å². The Bertz CT molecular complexity index is 514. The standard InChI is InChI=1S/C9H6ClFN4O/c10-5-2-1-3-6(8(5)11)13-9(16)7-4-12-15-14-7/h1-4H,(H,13,16)(H,12,14,15). The number of hydrogen-bond donors (Lipinski definition) is 2. The fraction of sp³-hybridized carbons (Fsp3) is 0. The first-order valence-electron chi connectivity index (χ1n) is 4.29. The van der Waals surface area contributed by atoms with E-state index in [1.165, 1.54) is 24.4 Å². The SMILES string of the molecule is O=C(Nc1cccc(Cl)c1F)c1cn[nH]n1. The van der Waals surface area contributed by atoms with Crippen LogP contribution in [0.2, 0.25) is 5.02 Å². The Kier molecular flexibility index (Phi) is 2.82. The summed E-state index contributed by atoms with van der Waals surface area (Å²) < 4.78 is 13.4. The number of carbonyl (C=O) groups is 1. The van der Waals surface area contributed by atoms with Crippen LogP contribution in [-0.4, -0.2) is 21.3 Å². The fourth-order valence-electron chi connectivity index (χ4n) is 1.10. The Morgan fingerprint density at radius 1 is 1.50 bits per heavy atom. The summed E-state index contributed by atoms with van der Waals surface area (Å²) in [5.41, 5.74) is 0.0693. The minimum atomic E-state index is -0.680. The summed E-state index contributed by atoms with van der Waals surface area (Å²) in [5.74, 6) is -1.24. The molecule has 0 aliphatic rings. The van der Waals surface area contributed by atoms with Gasteiger partial charge >= 0.3 is 0 Å². The first kappa shape index (κ1) is 10.6. The van der Waals surface area contributed by atoms with E-state index in [1.54, 1.807) is 0 Å². The van der Waals surface area contributed by atoms with Crippen LogP contribution in [0.4, 0.5) is 10.1 Å². The molecule has 0 aliphatic heterocycles. The van der Waals surface area contributed by atoms with E-state index in [1.807, 2.05) is 0 Å². The third-order valence-corrected chi connectivity index (χ3v) is 2.14. The summed E-state index contributed by atoms with van der Waals surface area (Å²) in [6, 6.07) is 4.33. The molecule has 1 aromatic heterocycles. The third kappa shape index (κ3) is 2.01. The number of nitrogens with zero attached hydrogens (tertiary/aromatic N) is 2. The van der Waals surface area contributed by atoms with Crippen LogP contribution >= 0.6 is 11.6 Å². The number of halogens is 2. The van der Waals surface area contributed by atoms with Gasteiger partial charge in [-0.3, -0.25) is 4.79 Å². The van der Waals surface area contributed by atoms with Crippen LogP contribution in [0.5, 0.6) is 0 Å². The number of anilines is 1. The van der Waals surface area contributed by atoms with Gasteiger partial charge in [0, 0.05) is 0 Å². The maximum absolute atomic E-state index is 13.4. The highest BCUT2D eigenvalue weighted by Gasteiger charge is 2.12. The summed E-state index contributed by atoms with van der Waals surface area (Å²) in [7, 11) is 0. The molecule has 0 bridgehead atoms. The van der Waals surface area contributed by atoms with E-state index in [0.29, 0.717) is 0 Å². The van der Waals surface area contributed by atoms with E-state index in [0.717, 1.165) is 0 Å². The molecule has 16 heavy (non-hydrogen) atoms. The molecule has 1 aromatic carbocycles. The van der Waals surface area contributed by atoms with Crippen molar-refractivity contribution < 1.29 is 9.18 Å². The van der Waals surface area contributed by atoms with Crippen LogP contribution in [0.3, 0.4) is 0 Å². The summed E-state index contributed by atoms with van der Waals surface area (Å²) in [4.78, 5) is 11.5. The van der Waals surface area contributed by atoms with Crippen LogP contribution in [0.25, 0.3) is 0 Å². The van der Waals surface area contributed by atoms with Gasteiger partial charge in [-0.1, -0.05) is 17.7 Å². The number of nitrogens with one attached hydrogen (secondary N) is 2. The van der Waals surface area contributed by atoms with E-state index >= 15 is 0 Å². The van der Waals surface area contributed by atoms with Gasteiger partial charge in [0.1, 0.15) is 0 Å². The first-order chi connectivity index (χ1) is 7.68. The lowest BCUT2D eigenvalue weighted by molar-refractivity contribution is 0.102. The quantitative estimate of drug-likeness (QED) is 0.842. The van der Waals surface area contributed by atoms with Gasteiger partial charge in [0.05, 0.1) is 16.9 Å². The molecule has 0 saturated carbocycles. The molecular formula is C9H6ClFN4O. The predicted molar refractivity (Wildman–Crippen MR) is 55.7 cm³/mol. The number of aromatic nitrogens is 3. The Balaban J connectivity index is 2.22. The van der Waals surface area contributed by atoms with Gasteiger partial charge in [-0.05, 0) is 12.1 Å². The minimum absolute atomic E-state index is 0.000463. The molecule has 2 aromatic rings. The molecule has 0 radical (unpaired) electrons. The number of carbonyl (C=O) groups excluding carboxylic acids is 1. The second-order valence-electron chi connectivity index (χ2n) is 2.91. The van der Waals surface area contributed by atoms with E-state index in [-0.39, 0.29) is 16.4 Å². The number of H-pyrrole nitrogens is 1. The van der Waals surface area contributed by atoms with Crippen molar-refractivity contribution in [2.45, 2.75) is 0 Å². The van der Waals surface area contributed by atoms with Gasteiger partial charge in [0.15, 0.2) is 11.5 Å². The van der Waals surface area contributed by atoms with Crippen molar-refractivity contribution in [1.82, 2.24) is 15.4 Å². The van der Waals surface area contributed by atoms with Crippen molar-refractivity contribution in [3.05, 3.63) is 40.9 Å². The molecule has 2 N–H and O–H groups in total. The van der Waals surface area contributed by atoms with Crippen LogP contribution in [-0.2, 0) is 0 Å². The summed E-state index contributed by atoms with van der Waals surface area (Å²) in [6.45, 7) is 0. The minimum Gasteiger partial charge on any atom is -0.318 e. The van der Waals surface area contributed by atoms with Crippen molar-refractivity contribution >= 4 is 23.2 Å². The van der Waals surface area contributed by atoms with E-state index in [9.17, 15) is 9.18 Å². The second kappa shape index (κ2) is 4.28. The smallest absolute Gasteiger partial charge is 0.277 e. The van der Waals surface area contributed by atoms with Crippen molar-refractivity contribution in [2.24, 2.45) is 0 Å². The van der Waals surface area contributed by atoms with Gasteiger partial charge in [-0.2, -0.15) is 15.4 Å². The lowest BCUT2D eigenvalue weighted by Crippen LogP contribution is -2.13. The van der Waals surface area contributed by atoms with Crippen molar-refractivity contribution in [3.8, 4) is 0 Å².